The number of aromatic nitrogens is 3. The van der Waals surface area contributed by atoms with Crippen LogP contribution in [0.4, 0.5) is 14.7 Å². The number of halogens is 2. The topological polar surface area (TPSA) is 63.1 Å². The minimum Gasteiger partial charge on any atom is -0.351 e. The van der Waals surface area contributed by atoms with Gasteiger partial charge in [0.05, 0.1) is 0 Å². The van der Waals surface area contributed by atoms with E-state index in [2.05, 4.69) is 15.4 Å². The molecule has 2 aliphatic carbocycles. The van der Waals surface area contributed by atoms with E-state index in [1.54, 1.807) is 0 Å². The zero-order chi connectivity index (χ0) is 18.5. The van der Waals surface area contributed by atoms with Crippen molar-refractivity contribution in [2.24, 2.45) is 23.7 Å². The molecule has 0 unspecified atom stereocenters. The van der Waals surface area contributed by atoms with Gasteiger partial charge in [0.2, 0.25) is 11.9 Å². The van der Waals surface area contributed by atoms with Crippen LogP contribution in [0.5, 0.6) is 0 Å². The maximum atomic E-state index is 13.5. The van der Waals surface area contributed by atoms with Gasteiger partial charge in [-0.15, -0.1) is 0 Å². The van der Waals surface area contributed by atoms with Crippen LogP contribution in [0.15, 0.2) is 6.33 Å². The Hall–Kier alpha value is -1.73. The summed E-state index contributed by atoms with van der Waals surface area (Å²) >= 11 is 0. The molecule has 1 amide bonds. The molecule has 3 heterocycles. The van der Waals surface area contributed by atoms with Crippen LogP contribution >= 0.6 is 0 Å². The summed E-state index contributed by atoms with van der Waals surface area (Å²) in [5.41, 5.74) is 0. The van der Waals surface area contributed by atoms with Gasteiger partial charge in [0.1, 0.15) is 12.4 Å². The first-order valence-electron chi connectivity index (χ1n) is 10.4. The monoisotopic (exact) mass is 379 g/mol. The molecule has 5 atom stereocenters. The molecule has 148 valence electrons. The zero-order valence-corrected chi connectivity index (χ0v) is 15.4. The first-order valence-corrected chi connectivity index (χ1v) is 10.4. The summed E-state index contributed by atoms with van der Waals surface area (Å²) in [4.78, 5) is 19.2. The highest BCUT2D eigenvalue weighted by molar-refractivity contribution is 5.82. The molecular formula is C19H27F2N5O. The van der Waals surface area contributed by atoms with Crippen molar-refractivity contribution in [3.63, 3.8) is 0 Å². The molecule has 0 spiro atoms. The van der Waals surface area contributed by atoms with Gasteiger partial charge in [0.25, 0.3) is 6.43 Å². The smallest absolute Gasteiger partial charge is 0.260 e. The molecule has 2 aliphatic heterocycles. The van der Waals surface area contributed by atoms with Crippen molar-refractivity contribution >= 4 is 11.9 Å². The number of fused-ring (bicyclic) bond motifs is 2. The maximum absolute atomic E-state index is 13.5. The predicted molar refractivity (Wildman–Crippen MR) is 95.3 cm³/mol. The number of amides is 1. The molecule has 5 rings (SSSR count). The molecule has 1 saturated heterocycles. The molecule has 1 aromatic rings. The Balaban J connectivity index is 1.27. The highest BCUT2D eigenvalue weighted by atomic mass is 19.3. The molecule has 27 heavy (non-hydrogen) atoms. The van der Waals surface area contributed by atoms with Crippen LogP contribution in [0, 0.1) is 23.7 Å². The van der Waals surface area contributed by atoms with Gasteiger partial charge in [-0.25, -0.2) is 13.5 Å². The van der Waals surface area contributed by atoms with Crippen molar-refractivity contribution < 1.29 is 13.6 Å². The number of hydrogen-bond donors (Lipinski definition) is 1. The lowest BCUT2D eigenvalue weighted by atomic mass is 9.86. The lowest BCUT2D eigenvalue weighted by molar-refractivity contribution is -0.135. The molecule has 0 bridgehead atoms. The van der Waals surface area contributed by atoms with Gasteiger partial charge in [-0.2, -0.15) is 10.1 Å². The molecular weight excluding hydrogens is 352 g/mol. The van der Waals surface area contributed by atoms with Crippen molar-refractivity contribution in [2.45, 2.75) is 63.5 Å². The molecule has 4 aliphatic rings. The second-order valence-corrected chi connectivity index (χ2v) is 8.74. The van der Waals surface area contributed by atoms with Crippen LogP contribution in [0.2, 0.25) is 0 Å². The van der Waals surface area contributed by atoms with E-state index in [9.17, 15) is 13.6 Å². The quantitative estimate of drug-likeness (QED) is 0.877. The van der Waals surface area contributed by atoms with Crippen molar-refractivity contribution in [1.29, 1.82) is 0 Å². The summed E-state index contributed by atoms with van der Waals surface area (Å²) < 4.78 is 28.4. The molecule has 6 nitrogen and oxygen atoms in total. The van der Waals surface area contributed by atoms with E-state index in [0.717, 1.165) is 19.4 Å². The van der Waals surface area contributed by atoms with Crippen molar-refractivity contribution in [3.05, 3.63) is 6.33 Å². The third-order valence-electron chi connectivity index (χ3n) is 7.27. The number of nitrogens with zero attached hydrogens (tertiary/aromatic N) is 4. The van der Waals surface area contributed by atoms with Crippen LogP contribution in [0.1, 0.15) is 51.0 Å². The average molecular weight is 379 g/mol. The summed E-state index contributed by atoms with van der Waals surface area (Å²) in [6.07, 6.45) is 6.02. The summed E-state index contributed by atoms with van der Waals surface area (Å²) in [6.45, 7) is 1.49. The van der Waals surface area contributed by atoms with Crippen molar-refractivity contribution in [1.82, 2.24) is 19.7 Å². The number of carbonyl (C=O) groups excluding carboxylic acids is 1. The van der Waals surface area contributed by atoms with Crippen molar-refractivity contribution in [3.8, 4) is 0 Å². The number of likely N-dealkylation sites (tertiary alicyclic amines) is 1. The number of alkyl halides is 2. The Morgan fingerprint density at radius 3 is 2.70 bits per heavy atom. The van der Waals surface area contributed by atoms with Gasteiger partial charge >= 0.3 is 0 Å². The minimum atomic E-state index is -2.47. The van der Waals surface area contributed by atoms with E-state index in [1.807, 2.05) is 4.90 Å². The van der Waals surface area contributed by atoms with E-state index >= 15 is 0 Å². The number of carbonyl (C=O) groups is 1. The van der Waals surface area contributed by atoms with Crippen LogP contribution in [-0.4, -0.2) is 51.1 Å². The predicted octanol–water partition coefficient (Wildman–Crippen LogP) is 2.94. The highest BCUT2D eigenvalue weighted by Gasteiger charge is 2.56. The Bertz CT molecular complexity index is 698. The number of piperidine rings is 1. The fourth-order valence-corrected chi connectivity index (χ4v) is 5.81. The van der Waals surface area contributed by atoms with E-state index in [1.165, 1.54) is 36.7 Å². The second kappa shape index (κ2) is 6.71. The highest BCUT2D eigenvalue weighted by Crippen LogP contribution is 2.56. The SMILES string of the molecule is O=C(C1[C@H]2CCCC[C@H]12)N1CCC[C@@H]([C@@H]2C[C@H](C(F)F)n3ncnc3N2)C1. The molecule has 2 saturated carbocycles. The lowest BCUT2D eigenvalue weighted by Gasteiger charge is -2.40. The van der Waals surface area contributed by atoms with Gasteiger partial charge < -0.3 is 10.2 Å². The molecule has 0 aromatic carbocycles. The standard InChI is InChI=1S/C19H27F2N5O/c20-17(21)15-8-14(24-19-22-10-23-26(15)19)11-4-3-7-25(9-11)18(27)16-12-5-1-2-6-13(12)16/h10-17H,1-9H2,(H,22,23,24)/t11-,12+,13+,14+,15-/m1/s1. The summed E-state index contributed by atoms with van der Waals surface area (Å²) in [6, 6.07) is -1.02. The fourth-order valence-electron chi connectivity index (χ4n) is 5.81. The fraction of sp³-hybridized carbons (Fsp3) is 0.842. The summed E-state index contributed by atoms with van der Waals surface area (Å²) in [5, 5.41) is 7.26. The van der Waals surface area contributed by atoms with Crippen LogP contribution in [0.3, 0.4) is 0 Å². The van der Waals surface area contributed by atoms with Gasteiger partial charge in [-0.3, -0.25) is 4.79 Å². The van der Waals surface area contributed by atoms with Gasteiger partial charge in [0.15, 0.2) is 0 Å². The third-order valence-corrected chi connectivity index (χ3v) is 7.27. The molecule has 8 heteroatoms. The molecule has 3 fully saturated rings. The number of hydrogen-bond acceptors (Lipinski definition) is 4. The van der Waals surface area contributed by atoms with Gasteiger partial charge in [0, 0.05) is 25.0 Å². The third kappa shape index (κ3) is 3.01. The van der Waals surface area contributed by atoms with E-state index in [0.29, 0.717) is 36.7 Å². The van der Waals surface area contributed by atoms with Gasteiger partial charge in [-0.1, -0.05) is 12.8 Å². The van der Waals surface area contributed by atoms with Crippen molar-refractivity contribution in [2.75, 3.05) is 18.4 Å². The minimum absolute atomic E-state index is 0.0854. The second-order valence-electron chi connectivity index (χ2n) is 8.74. The Labute approximate surface area is 157 Å². The zero-order valence-electron chi connectivity index (χ0n) is 15.4. The van der Waals surface area contributed by atoms with Crippen LogP contribution in [0.25, 0.3) is 0 Å². The maximum Gasteiger partial charge on any atom is 0.260 e. The normalized spacial score (nSPS) is 38.1. The Kier molecular flexibility index (Phi) is 4.31. The number of rotatable bonds is 3. The van der Waals surface area contributed by atoms with Gasteiger partial charge in [-0.05, 0) is 49.9 Å². The number of nitrogens with one attached hydrogen (secondary N) is 1. The largest absolute Gasteiger partial charge is 0.351 e. The molecule has 1 aromatic heterocycles. The van der Waals surface area contributed by atoms with E-state index in [-0.39, 0.29) is 17.9 Å². The van der Waals surface area contributed by atoms with Crippen LogP contribution in [-0.2, 0) is 4.79 Å². The first kappa shape index (κ1) is 17.4. The molecule has 0 radical (unpaired) electrons. The summed E-state index contributed by atoms with van der Waals surface area (Å²) in [7, 11) is 0. The number of anilines is 1. The van der Waals surface area contributed by atoms with E-state index < -0.39 is 12.5 Å². The molecule has 1 N–H and O–H groups in total. The Morgan fingerprint density at radius 2 is 1.96 bits per heavy atom. The average Bonchev–Trinajstić information content (AvgIpc) is 3.22. The summed E-state index contributed by atoms with van der Waals surface area (Å²) in [5.74, 6) is 2.40. The lowest BCUT2D eigenvalue weighted by Crippen LogP contribution is -2.49. The first-order chi connectivity index (χ1) is 13.1. The van der Waals surface area contributed by atoms with Crippen LogP contribution < -0.4 is 5.32 Å². The van der Waals surface area contributed by atoms with E-state index in [4.69, 9.17) is 0 Å². The Morgan fingerprint density at radius 1 is 1.19 bits per heavy atom.